The third kappa shape index (κ3) is 4.25. The number of rotatable bonds is 6. The second kappa shape index (κ2) is 9.55. The number of aryl methyl sites for hydroxylation is 1. The Morgan fingerprint density at radius 3 is 2.51 bits per heavy atom. The molecule has 2 N–H and O–H groups in total. The molecule has 1 aliphatic rings. The van der Waals surface area contributed by atoms with Crippen LogP contribution in [0.3, 0.4) is 0 Å². The highest BCUT2D eigenvalue weighted by atomic mass is 32.1. The molecule has 2 atom stereocenters. The van der Waals surface area contributed by atoms with Gasteiger partial charge in [-0.15, -0.1) is 0 Å². The summed E-state index contributed by atoms with van der Waals surface area (Å²) in [6.07, 6.45) is 1.74. The van der Waals surface area contributed by atoms with Crippen molar-refractivity contribution in [2.24, 2.45) is 0 Å². The third-order valence-electron chi connectivity index (χ3n) is 6.64. The number of hydrogen-bond donors (Lipinski definition) is 2. The summed E-state index contributed by atoms with van der Waals surface area (Å²) in [5.74, 6) is 0.571. The molecule has 5 rings (SSSR count). The van der Waals surface area contributed by atoms with E-state index in [9.17, 15) is 15.2 Å². The summed E-state index contributed by atoms with van der Waals surface area (Å²) >= 11 is 5.78. The topological polar surface area (TPSA) is 106 Å². The molecule has 1 fully saturated rings. The molecule has 0 bridgehead atoms. The van der Waals surface area contributed by atoms with Gasteiger partial charge < -0.3 is 24.6 Å². The molecule has 0 amide bonds. The summed E-state index contributed by atoms with van der Waals surface area (Å²) in [6, 6.07) is 18.9. The minimum absolute atomic E-state index is 0.0514. The number of phenols is 1. The van der Waals surface area contributed by atoms with E-state index in [0.717, 1.165) is 28.3 Å². The van der Waals surface area contributed by atoms with Gasteiger partial charge in [-0.25, -0.2) is 0 Å². The summed E-state index contributed by atoms with van der Waals surface area (Å²) in [6.45, 7) is 3.87. The summed E-state index contributed by atoms with van der Waals surface area (Å²) < 4.78 is 7.11. The van der Waals surface area contributed by atoms with E-state index in [-0.39, 0.29) is 23.5 Å². The first-order valence-electron chi connectivity index (χ1n) is 11.6. The van der Waals surface area contributed by atoms with Gasteiger partial charge in [-0.2, -0.15) is 0 Å². The molecule has 188 valence electrons. The van der Waals surface area contributed by atoms with Crippen molar-refractivity contribution in [3.63, 3.8) is 0 Å². The van der Waals surface area contributed by atoms with Crippen molar-refractivity contribution in [3.05, 3.63) is 106 Å². The van der Waals surface area contributed by atoms with Gasteiger partial charge in [0.15, 0.2) is 5.11 Å². The number of anilines is 1. The molecule has 0 spiro atoms. The first-order chi connectivity index (χ1) is 17.8. The van der Waals surface area contributed by atoms with E-state index in [1.165, 1.54) is 13.2 Å². The second-order valence-corrected chi connectivity index (χ2v) is 9.17. The maximum Gasteiger partial charge on any atom is 0.296 e. The number of methoxy groups -OCH3 is 1. The van der Waals surface area contributed by atoms with Crippen molar-refractivity contribution >= 4 is 28.7 Å². The Bertz CT molecular complexity index is 1490. The molecule has 9 nitrogen and oxygen atoms in total. The van der Waals surface area contributed by atoms with Crippen LogP contribution in [-0.4, -0.2) is 31.8 Å². The van der Waals surface area contributed by atoms with Crippen molar-refractivity contribution < 1.29 is 14.8 Å². The Morgan fingerprint density at radius 2 is 1.86 bits per heavy atom. The Balaban J connectivity index is 1.70. The molecule has 0 radical (unpaired) electrons. The van der Waals surface area contributed by atoms with Gasteiger partial charge in [0.2, 0.25) is 0 Å². The predicted molar refractivity (Wildman–Crippen MR) is 144 cm³/mol. The van der Waals surface area contributed by atoms with Gasteiger partial charge in [-0.1, -0.05) is 6.07 Å². The Labute approximate surface area is 219 Å². The van der Waals surface area contributed by atoms with Crippen molar-refractivity contribution in [3.8, 4) is 17.2 Å². The highest BCUT2D eigenvalue weighted by Crippen LogP contribution is 2.44. The van der Waals surface area contributed by atoms with E-state index < -0.39 is 4.92 Å². The third-order valence-corrected chi connectivity index (χ3v) is 6.95. The smallest absolute Gasteiger partial charge is 0.296 e. The summed E-state index contributed by atoms with van der Waals surface area (Å²) in [7, 11) is 1.48. The lowest BCUT2D eigenvalue weighted by molar-refractivity contribution is -0.384. The zero-order valence-corrected chi connectivity index (χ0v) is 21.3. The van der Waals surface area contributed by atoms with Crippen molar-refractivity contribution in [1.29, 1.82) is 0 Å². The Kier molecular flexibility index (Phi) is 6.26. The summed E-state index contributed by atoms with van der Waals surface area (Å²) in [5.41, 5.74) is 4.64. The number of benzene rings is 2. The first kappa shape index (κ1) is 24.3. The quantitative estimate of drug-likeness (QED) is 0.203. The van der Waals surface area contributed by atoms with Gasteiger partial charge >= 0.3 is 0 Å². The van der Waals surface area contributed by atoms with Crippen molar-refractivity contribution in [1.82, 2.24) is 14.9 Å². The Morgan fingerprint density at radius 1 is 1.11 bits per heavy atom. The number of nitro benzene ring substituents is 1. The largest absolute Gasteiger partial charge is 0.508 e. The molecule has 2 aromatic heterocycles. The standard InChI is InChI=1S/C27H25N5O4S/c1-16-14-21(17(2)30(16)23-12-11-20(36-3)15-24(23)32(34)35)26-25(22-6-4-5-13-28-22)29-27(37)31(26)18-7-9-19(33)10-8-18/h4-15,25-26,33H,1-3H3,(H,29,37)/t25-,26+/m0/s1. The van der Waals surface area contributed by atoms with Crippen LogP contribution in [0.4, 0.5) is 11.4 Å². The molecule has 10 heteroatoms. The van der Waals surface area contributed by atoms with Crippen LogP contribution >= 0.6 is 12.2 Å². The van der Waals surface area contributed by atoms with E-state index in [1.807, 2.05) is 59.7 Å². The number of thiocarbonyl (C=S) groups is 1. The number of nitrogens with one attached hydrogen (secondary N) is 1. The molecule has 0 unspecified atom stereocenters. The molecule has 37 heavy (non-hydrogen) atoms. The average Bonchev–Trinajstić information content (AvgIpc) is 3.39. The number of hydrogen-bond acceptors (Lipinski definition) is 6. The van der Waals surface area contributed by atoms with Crippen LogP contribution in [0.15, 0.2) is 72.9 Å². The molecule has 4 aromatic rings. The monoisotopic (exact) mass is 515 g/mol. The molecular weight excluding hydrogens is 490 g/mol. The molecule has 1 saturated heterocycles. The minimum Gasteiger partial charge on any atom is -0.508 e. The van der Waals surface area contributed by atoms with Gasteiger partial charge in [0.05, 0.1) is 35.9 Å². The molecule has 2 aromatic carbocycles. The number of aromatic nitrogens is 2. The van der Waals surface area contributed by atoms with Gasteiger partial charge in [-0.3, -0.25) is 15.1 Å². The van der Waals surface area contributed by atoms with Gasteiger partial charge in [0.1, 0.15) is 17.2 Å². The van der Waals surface area contributed by atoms with Crippen LogP contribution in [0.5, 0.6) is 11.5 Å². The molecule has 3 heterocycles. The van der Waals surface area contributed by atoms with E-state index >= 15 is 0 Å². The highest BCUT2D eigenvalue weighted by Gasteiger charge is 2.42. The fraction of sp³-hybridized carbons (Fsp3) is 0.185. The first-order valence-corrected chi connectivity index (χ1v) is 12.0. The maximum absolute atomic E-state index is 12.0. The molecule has 1 aliphatic heterocycles. The van der Waals surface area contributed by atoms with E-state index in [4.69, 9.17) is 17.0 Å². The number of phenolic OH excluding ortho intramolecular Hbond substituents is 1. The van der Waals surface area contributed by atoms with Crippen LogP contribution < -0.4 is 15.0 Å². The fourth-order valence-corrected chi connectivity index (χ4v) is 5.33. The predicted octanol–water partition coefficient (Wildman–Crippen LogP) is 5.29. The van der Waals surface area contributed by atoms with E-state index in [1.54, 1.807) is 30.5 Å². The van der Waals surface area contributed by atoms with Gasteiger partial charge in [-0.05, 0) is 86.2 Å². The van der Waals surface area contributed by atoms with Crippen LogP contribution in [0.25, 0.3) is 5.69 Å². The normalized spacial score (nSPS) is 17.1. The lowest BCUT2D eigenvalue weighted by atomic mass is 9.96. The highest BCUT2D eigenvalue weighted by molar-refractivity contribution is 7.80. The number of nitro groups is 1. The summed E-state index contributed by atoms with van der Waals surface area (Å²) in [4.78, 5) is 18.2. The number of aromatic hydroxyl groups is 1. The van der Waals surface area contributed by atoms with Crippen LogP contribution in [-0.2, 0) is 0 Å². The number of nitrogens with zero attached hydrogens (tertiary/aromatic N) is 4. The van der Waals surface area contributed by atoms with Crippen LogP contribution in [0.2, 0.25) is 0 Å². The van der Waals surface area contributed by atoms with E-state index in [2.05, 4.69) is 10.3 Å². The maximum atomic E-state index is 12.0. The number of ether oxygens (including phenoxy) is 1. The van der Waals surface area contributed by atoms with Crippen molar-refractivity contribution in [2.45, 2.75) is 25.9 Å². The molecule has 0 saturated carbocycles. The van der Waals surface area contributed by atoms with Gasteiger partial charge in [0, 0.05) is 23.3 Å². The summed E-state index contributed by atoms with van der Waals surface area (Å²) in [5, 5.41) is 25.8. The lowest BCUT2D eigenvalue weighted by Crippen LogP contribution is -2.29. The lowest BCUT2D eigenvalue weighted by Gasteiger charge is -2.28. The second-order valence-electron chi connectivity index (χ2n) is 8.79. The van der Waals surface area contributed by atoms with Crippen LogP contribution in [0.1, 0.15) is 34.7 Å². The minimum atomic E-state index is -0.401. The van der Waals surface area contributed by atoms with Crippen molar-refractivity contribution in [2.75, 3.05) is 12.0 Å². The average molecular weight is 516 g/mol. The zero-order valence-electron chi connectivity index (χ0n) is 20.5. The Hall–Kier alpha value is -4.44. The fourth-order valence-electron chi connectivity index (χ4n) is 4.99. The number of pyridine rings is 1. The molecule has 0 aliphatic carbocycles. The zero-order chi connectivity index (χ0) is 26.3. The van der Waals surface area contributed by atoms with Crippen LogP contribution in [0, 0.1) is 24.0 Å². The van der Waals surface area contributed by atoms with E-state index in [0.29, 0.717) is 16.5 Å². The molecular formula is C27H25N5O4S. The van der Waals surface area contributed by atoms with Gasteiger partial charge in [0.25, 0.3) is 5.69 Å². The SMILES string of the molecule is COc1ccc(-n2c(C)cc([C@@H]3[C@H](c4ccccn4)NC(=S)N3c3ccc(O)cc3)c2C)c([N+](=O)[O-])c1.